The molecule has 1 unspecified atom stereocenters. The number of carbonyl (C=O) groups is 2. The van der Waals surface area contributed by atoms with Crippen molar-refractivity contribution in [3.63, 3.8) is 0 Å². The van der Waals surface area contributed by atoms with Crippen LogP contribution in [0.1, 0.15) is 12.5 Å². The van der Waals surface area contributed by atoms with E-state index in [1.807, 2.05) is 47.8 Å². The molecule has 1 amide bonds. The molecule has 1 atom stereocenters. The highest BCUT2D eigenvalue weighted by Crippen LogP contribution is 2.25. The smallest absolute Gasteiger partial charge is 0.311 e. The van der Waals surface area contributed by atoms with Gasteiger partial charge >= 0.3 is 5.97 Å². The van der Waals surface area contributed by atoms with Crippen LogP contribution >= 0.6 is 11.3 Å². The van der Waals surface area contributed by atoms with Gasteiger partial charge in [0.2, 0.25) is 0 Å². The van der Waals surface area contributed by atoms with Crippen LogP contribution in [0.4, 0.5) is 5.13 Å². The monoisotopic (exact) mass is 396 g/mol. The number of ether oxygens (including phenoxy) is 2. The molecule has 144 valence electrons. The van der Waals surface area contributed by atoms with E-state index in [-0.39, 0.29) is 6.42 Å². The van der Waals surface area contributed by atoms with Gasteiger partial charge in [-0.15, -0.1) is 11.3 Å². The normalized spacial score (nSPS) is 11.5. The molecule has 0 bridgehead atoms. The highest BCUT2D eigenvalue weighted by atomic mass is 32.1. The Bertz CT molecular complexity index is 956. The van der Waals surface area contributed by atoms with Crippen molar-refractivity contribution in [3.8, 4) is 17.0 Å². The van der Waals surface area contributed by atoms with E-state index in [2.05, 4.69) is 10.3 Å². The summed E-state index contributed by atoms with van der Waals surface area (Å²) in [6, 6.07) is 16.9. The molecule has 2 aromatic carbocycles. The molecule has 0 aliphatic heterocycles. The SMILES string of the molecule is COc1ccccc1CC(=O)OC(C)C(=O)Nc1nc(-c2ccccc2)cs1. The molecule has 0 saturated carbocycles. The number of aromatic nitrogens is 1. The molecule has 3 aromatic rings. The van der Waals surface area contributed by atoms with Crippen molar-refractivity contribution in [1.82, 2.24) is 4.98 Å². The molecule has 6 nitrogen and oxygen atoms in total. The van der Waals surface area contributed by atoms with Gasteiger partial charge in [0.15, 0.2) is 11.2 Å². The Balaban J connectivity index is 1.56. The van der Waals surface area contributed by atoms with E-state index < -0.39 is 18.0 Å². The van der Waals surface area contributed by atoms with Crippen molar-refractivity contribution in [1.29, 1.82) is 0 Å². The first-order valence-corrected chi connectivity index (χ1v) is 9.58. The lowest BCUT2D eigenvalue weighted by molar-refractivity contribution is -0.152. The number of thiazole rings is 1. The van der Waals surface area contributed by atoms with Crippen LogP contribution in [-0.2, 0) is 20.7 Å². The Morgan fingerprint density at radius 1 is 1.11 bits per heavy atom. The summed E-state index contributed by atoms with van der Waals surface area (Å²) in [5.74, 6) is -0.327. The second-order valence-corrected chi connectivity index (χ2v) is 6.87. The Morgan fingerprint density at radius 3 is 2.57 bits per heavy atom. The number of hydrogen-bond acceptors (Lipinski definition) is 6. The minimum atomic E-state index is -0.939. The van der Waals surface area contributed by atoms with Crippen LogP contribution < -0.4 is 10.1 Å². The number of anilines is 1. The van der Waals surface area contributed by atoms with Gasteiger partial charge in [0.25, 0.3) is 5.91 Å². The predicted octanol–water partition coefficient (Wildman–Crippen LogP) is 3.93. The lowest BCUT2D eigenvalue weighted by Crippen LogP contribution is -2.30. The second kappa shape index (κ2) is 9.14. The first kappa shape index (κ1) is 19.6. The first-order chi connectivity index (χ1) is 13.6. The number of esters is 1. The number of nitrogens with zero attached hydrogens (tertiary/aromatic N) is 1. The van der Waals surface area contributed by atoms with E-state index in [1.54, 1.807) is 12.1 Å². The molecule has 1 N–H and O–H groups in total. The Labute approximate surface area is 167 Å². The third-order valence-corrected chi connectivity index (χ3v) is 4.77. The van der Waals surface area contributed by atoms with Gasteiger partial charge in [-0.1, -0.05) is 48.5 Å². The van der Waals surface area contributed by atoms with Crippen molar-refractivity contribution < 1.29 is 19.1 Å². The van der Waals surface area contributed by atoms with Crippen molar-refractivity contribution in [2.24, 2.45) is 0 Å². The topological polar surface area (TPSA) is 77.5 Å². The Hall–Kier alpha value is -3.19. The highest BCUT2D eigenvalue weighted by molar-refractivity contribution is 7.14. The highest BCUT2D eigenvalue weighted by Gasteiger charge is 2.20. The Morgan fingerprint density at radius 2 is 1.82 bits per heavy atom. The number of amides is 1. The number of hydrogen-bond donors (Lipinski definition) is 1. The molecule has 1 heterocycles. The summed E-state index contributed by atoms with van der Waals surface area (Å²) in [7, 11) is 1.54. The molecule has 0 radical (unpaired) electrons. The molecular formula is C21H20N2O4S. The molecule has 0 saturated heterocycles. The zero-order valence-corrected chi connectivity index (χ0v) is 16.4. The summed E-state index contributed by atoms with van der Waals surface area (Å²) in [5.41, 5.74) is 2.45. The molecule has 0 spiro atoms. The minimum Gasteiger partial charge on any atom is -0.496 e. The van der Waals surface area contributed by atoms with Crippen molar-refractivity contribution in [2.75, 3.05) is 12.4 Å². The van der Waals surface area contributed by atoms with Gasteiger partial charge in [-0.2, -0.15) is 0 Å². The lowest BCUT2D eigenvalue weighted by atomic mass is 10.1. The summed E-state index contributed by atoms with van der Waals surface area (Å²) < 4.78 is 10.5. The van der Waals surface area contributed by atoms with Crippen LogP contribution in [0.2, 0.25) is 0 Å². The number of benzene rings is 2. The fraction of sp³-hybridized carbons (Fsp3) is 0.190. The van der Waals surface area contributed by atoms with Gasteiger partial charge in [-0.05, 0) is 13.0 Å². The number of carbonyl (C=O) groups excluding carboxylic acids is 2. The summed E-state index contributed by atoms with van der Waals surface area (Å²) >= 11 is 1.32. The van der Waals surface area contributed by atoms with Gasteiger partial charge in [0.1, 0.15) is 5.75 Å². The van der Waals surface area contributed by atoms with E-state index >= 15 is 0 Å². The second-order valence-electron chi connectivity index (χ2n) is 6.01. The molecule has 28 heavy (non-hydrogen) atoms. The van der Waals surface area contributed by atoms with Crippen LogP contribution in [-0.4, -0.2) is 30.1 Å². The van der Waals surface area contributed by atoms with E-state index in [0.29, 0.717) is 16.4 Å². The molecule has 3 rings (SSSR count). The average Bonchev–Trinajstić information content (AvgIpc) is 3.17. The van der Waals surface area contributed by atoms with E-state index in [1.165, 1.54) is 25.4 Å². The fourth-order valence-corrected chi connectivity index (χ4v) is 3.30. The summed E-state index contributed by atoms with van der Waals surface area (Å²) in [6.07, 6.45) is -0.914. The van der Waals surface area contributed by atoms with Gasteiger partial charge in [0.05, 0.1) is 19.2 Å². The Kier molecular flexibility index (Phi) is 6.39. The van der Waals surface area contributed by atoms with Gasteiger partial charge in [0, 0.05) is 16.5 Å². The predicted molar refractivity (Wildman–Crippen MR) is 108 cm³/mol. The van der Waals surface area contributed by atoms with Gasteiger partial charge < -0.3 is 9.47 Å². The standard InChI is InChI=1S/C21H20N2O4S/c1-14(27-19(24)12-16-10-6-7-11-18(16)26-2)20(25)23-21-22-17(13-28-21)15-8-4-3-5-9-15/h3-11,13-14H,12H2,1-2H3,(H,22,23,25). The zero-order chi connectivity index (χ0) is 19.9. The van der Waals surface area contributed by atoms with Crippen LogP contribution in [0.15, 0.2) is 60.0 Å². The zero-order valence-electron chi connectivity index (χ0n) is 15.5. The molecule has 0 aliphatic rings. The van der Waals surface area contributed by atoms with E-state index in [0.717, 1.165) is 11.3 Å². The van der Waals surface area contributed by atoms with Crippen molar-refractivity contribution >= 4 is 28.3 Å². The van der Waals surface area contributed by atoms with Crippen LogP contribution in [0.3, 0.4) is 0 Å². The van der Waals surface area contributed by atoms with E-state index in [9.17, 15) is 9.59 Å². The molecule has 1 aromatic heterocycles. The van der Waals surface area contributed by atoms with Gasteiger partial charge in [-0.25, -0.2) is 4.98 Å². The molecule has 7 heteroatoms. The number of para-hydroxylation sites is 1. The van der Waals surface area contributed by atoms with Crippen LogP contribution in [0.5, 0.6) is 5.75 Å². The maximum atomic E-state index is 12.3. The fourth-order valence-electron chi connectivity index (χ4n) is 2.58. The van der Waals surface area contributed by atoms with Crippen LogP contribution in [0.25, 0.3) is 11.3 Å². The van der Waals surface area contributed by atoms with Gasteiger partial charge in [-0.3, -0.25) is 14.9 Å². The summed E-state index contributed by atoms with van der Waals surface area (Å²) in [5, 5.41) is 5.01. The largest absolute Gasteiger partial charge is 0.496 e. The molecule has 0 aliphatic carbocycles. The van der Waals surface area contributed by atoms with Crippen molar-refractivity contribution in [3.05, 3.63) is 65.5 Å². The number of rotatable bonds is 7. The number of nitrogens with one attached hydrogen (secondary N) is 1. The quantitative estimate of drug-likeness (QED) is 0.612. The number of methoxy groups -OCH3 is 1. The van der Waals surface area contributed by atoms with Crippen LogP contribution in [0, 0.1) is 0 Å². The molecular weight excluding hydrogens is 376 g/mol. The molecule has 0 fully saturated rings. The maximum absolute atomic E-state index is 12.3. The van der Waals surface area contributed by atoms with E-state index in [4.69, 9.17) is 9.47 Å². The maximum Gasteiger partial charge on any atom is 0.311 e. The first-order valence-electron chi connectivity index (χ1n) is 8.70. The summed E-state index contributed by atoms with van der Waals surface area (Å²) in [6.45, 7) is 1.53. The third kappa shape index (κ3) is 4.95. The summed E-state index contributed by atoms with van der Waals surface area (Å²) in [4.78, 5) is 28.9. The lowest BCUT2D eigenvalue weighted by Gasteiger charge is -2.13. The third-order valence-electron chi connectivity index (χ3n) is 4.01. The van der Waals surface area contributed by atoms with Crippen molar-refractivity contribution in [2.45, 2.75) is 19.4 Å². The average molecular weight is 396 g/mol. The minimum absolute atomic E-state index is 0.0248.